The Morgan fingerprint density at radius 1 is 0.914 bits per heavy atom. The first kappa shape index (κ1) is 25.1. The number of aromatic nitrogens is 2. The van der Waals surface area contributed by atoms with Gasteiger partial charge in [-0.15, -0.1) is 0 Å². The number of nitrogens with one attached hydrogen (secondary N) is 1. The Bertz CT molecular complexity index is 1440. The highest BCUT2D eigenvalue weighted by atomic mass is 35.5. The van der Waals surface area contributed by atoms with Crippen LogP contribution in [0.4, 0.5) is 4.39 Å². The zero-order chi connectivity index (χ0) is 25.3. The van der Waals surface area contributed by atoms with Crippen LogP contribution in [0.15, 0.2) is 54.9 Å². The summed E-state index contributed by atoms with van der Waals surface area (Å²) in [7, 11) is 0. The second-order valence-electron chi connectivity index (χ2n) is 7.44. The Hall–Kier alpha value is -2.97. The highest BCUT2D eigenvalue weighted by molar-refractivity contribution is 6.40. The van der Waals surface area contributed by atoms with Crippen LogP contribution in [0, 0.1) is 5.82 Å². The zero-order valence-corrected chi connectivity index (χ0v) is 20.6. The summed E-state index contributed by atoms with van der Waals surface area (Å²) in [6.07, 6.45) is 2.78. The second-order valence-corrected chi connectivity index (χ2v) is 9.06. The molecule has 0 aliphatic carbocycles. The van der Waals surface area contributed by atoms with Gasteiger partial charge in [0.1, 0.15) is 11.9 Å². The first-order valence-corrected chi connectivity index (χ1v) is 11.5. The van der Waals surface area contributed by atoms with Crippen molar-refractivity contribution in [1.29, 1.82) is 0 Å². The quantitative estimate of drug-likeness (QED) is 0.286. The molecular weight excluding hydrogens is 539 g/mol. The van der Waals surface area contributed by atoms with Crippen LogP contribution in [-0.4, -0.2) is 33.0 Å². The van der Waals surface area contributed by atoms with Gasteiger partial charge in [-0.25, -0.2) is 9.18 Å². The molecule has 178 valence electrons. The van der Waals surface area contributed by atoms with Crippen molar-refractivity contribution in [2.24, 2.45) is 0 Å². The Kier molecular flexibility index (Phi) is 7.42. The Morgan fingerprint density at radius 2 is 1.51 bits per heavy atom. The predicted octanol–water partition coefficient (Wildman–Crippen LogP) is 6.48. The molecule has 1 amide bonds. The van der Waals surface area contributed by atoms with E-state index in [-0.39, 0.29) is 32.1 Å². The number of hydrogen-bond acceptors (Lipinski definition) is 4. The predicted molar refractivity (Wildman–Crippen MR) is 134 cm³/mol. The van der Waals surface area contributed by atoms with Crippen LogP contribution in [0.2, 0.25) is 20.1 Å². The van der Waals surface area contributed by atoms with Gasteiger partial charge in [-0.3, -0.25) is 14.8 Å². The first-order valence-electron chi connectivity index (χ1n) is 10.0. The molecule has 0 radical (unpaired) electrons. The van der Waals surface area contributed by atoms with Crippen molar-refractivity contribution in [2.45, 2.75) is 12.5 Å². The van der Waals surface area contributed by atoms with E-state index in [1.807, 2.05) is 0 Å². The fraction of sp³-hybridized carbons (Fsp3) is 0.0833. The normalized spacial score (nSPS) is 11.9. The molecule has 0 unspecified atom stereocenters. The summed E-state index contributed by atoms with van der Waals surface area (Å²) in [4.78, 5) is 33.5. The molecule has 0 bridgehead atoms. The number of carboxylic acids is 1. The third-order valence-corrected chi connectivity index (χ3v) is 6.43. The van der Waals surface area contributed by atoms with Gasteiger partial charge in [0.25, 0.3) is 5.91 Å². The van der Waals surface area contributed by atoms with Crippen LogP contribution < -0.4 is 5.32 Å². The summed E-state index contributed by atoms with van der Waals surface area (Å²) >= 11 is 24.7. The van der Waals surface area contributed by atoms with E-state index < -0.39 is 23.7 Å². The third kappa shape index (κ3) is 5.18. The van der Waals surface area contributed by atoms with Gasteiger partial charge in [-0.1, -0.05) is 64.6 Å². The molecule has 1 aromatic heterocycles. The van der Waals surface area contributed by atoms with E-state index in [9.17, 15) is 19.1 Å². The van der Waals surface area contributed by atoms with E-state index in [1.54, 1.807) is 18.2 Å². The number of aliphatic carboxylic acids is 1. The molecule has 6 nitrogen and oxygen atoms in total. The molecule has 11 heteroatoms. The summed E-state index contributed by atoms with van der Waals surface area (Å²) in [6, 6.07) is 8.74. The number of hydrogen-bond donors (Lipinski definition) is 2. The van der Waals surface area contributed by atoms with Gasteiger partial charge in [-0.05, 0) is 29.8 Å². The Balaban J connectivity index is 1.73. The lowest BCUT2D eigenvalue weighted by atomic mass is 9.97. The fourth-order valence-electron chi connectivity index (χ4n) is 3.64. The van der Waals surface area contributed by atoms with Crippen molar-refractivity contribution in [2.75, 3.05) is 0 Å². The maximum atomic E-state index is 13.7. The lowest BCUT2D eigenvalue weighted by Crippen LogP contribution is -2.42. The van der Waals surface area contributed by atoms with E-state index >= 15 is 0 Å². The minimum Gasteiger partial charge on any atom is -0.480 e. The van der Waals surface area contributed by atoms with E-state index in [4.69, 9.17) is 46.4 Å². The topological polar surface area (TPSA) is 92.2 Å². The monoisotopic (exact) mass is 551 g/mol. The molecule has 0 aliphatic rings. The summed E-state index contributed by atoms with van der Waals surface area (Å²) < 4.78 is 13.7. The lowest BCUT2D eigenvalue weighted by molar-refractivity contribution is -0.139. The smallest absolute Gasteiger partial charge is 0.326 e. The molecule has 3 aromatic carbocycles. The molecule has 0 saturated carbocycles. The van der Waals surface area contributed by atoms with Crippen LogP contribution in [0.3, 0.4) is 0 Å². The lowest BCUT2D eigenvalue weighted by Gasteiger charge is -2.18. The number of carboxylic acid groups (broad SMARTS) is 1. The second kappa shape index (κ2) is 10.3. The Labute approximate surface area is 218 Å². The molecule has 0 fully saturated rings. The fourth-order valence-corrected chi connectivity index (χ4v) is 4.88. The van der Waals surface area contributed by atoms with E-state index in [2.05, 4.69) is 15.3 Å². The molecule has 35 heavy (non-hydrogen) atoms. The van der Waals surface area contributed by atoms with Crippen LogP contribution >= 0.6 is 46.4 Å². The molecule has 4 aromatic rings. The third-order valence-electron chi connectivity index (χ3n) is 5.20. The SMILES string of the molecule is O=C(N[C@@H](Cc1ccc(-c2c(Cl)cc(F)cc2Cl)c2nccnc12)C(=O)O)c1c(Cl)cccc1Cl. The number of rotatable bonds is 6. The van der Waals surface area contributed by atoms with Crippen molar-refractivity contribution < 1.29 is 19.1 Å². The molecular formula is C24H14Cl4FN3O3. The minimum absolute atomic E-state index is 0.0253. The van der Waals surface area contributed by atoms with Crippen LogP contribution in [-0.2, 0) is 11.2 Å². The average Bonchev–Trinajstić information content (AvgIpc) is 2.79. The van der Waals surface area contributed by atoms with Crippen LogP contribution in [0.25, 0.3) is 22.2 Å². The molecule has 0 saturated heterocycles. The van der Waals surface area contributed by atoms with Gasteiger partial charge >= 0.3 is 5.97 Å². The highest BCUT2D eigenvalue weighted by Gasteiger charge is 2.25. The van der Waals surface area contributed by atoms with Crippen LogP contribution in [0.1, 0.15) is 15.9 Å². The van der Waals surface area contributed by atoms with E-state index in [0.29, 0.717) is 27.7 Å². The molecule has 1 heterocycles. The molecule has 0 aliphatic heterocycles. The molecule has 2 N–H and O–H groups in total. The number of amides is 1. The van der Waals surface area contributed by atoms with Crippen molar-refractivity contribution in [3.05, 3.63) is 91.9 Å². The van der Waals surface area contributed by atoms with Gasteiger partial charge in [0.15, 0.2) is 0 Å². The van der Waals surface area contributed by atoms with Crippen molar-refractivity contribution >= 4 is 69.3 Å². The minimum atomic E-state index is -1.33. The molecule has 1 atom stereocenters. The molecule has 0 spiro atoms. The highest BCUT2D eigenvalue weighted by Crippen LogP contribution is 2.39. The van der Waals surface area contributed by atoms with Gasteiger partial charge in [-0.2, -0.15) is 0 Å². The van der Waals surface area contributed by atoms with Crippen molar-refractivity contribution in [3.63, 3.8) is 0 Å². The summed E-state index contributed by atoms with van der Waals surface area (Å²) in [5, 5.41) is 12.6. The maximum Gasteiger partial charge on any atom is 0.326 e. The standard InChI is InChI=1S/C24H14Cl4FN3O3/c25-14-2-1-3-15(26)20(14)23(33)32-18(24(34)35)8-11-4-5-13(22-21(11)30-6-7-31-22)19-16(27)9-12(29)10-17(19)28/h1-7,9-10,18H,8H2,(H,32,33)(H,34,35)/t18-/m0/s1. The largest absolute Gasteiger partial charge is 0.480 e. The van der Waals surface area contributed by atoms with Crippen LogP contribution in [0.5, 0.6) is 0 Å². The Morgan fingerprint density at radius 3 is 2.11 bits per heavy atom. The number of fused-ring (bicyclic) bond motifs is 1. The van der Waals surface area contributed by atoms with E-state index in [0.717, 1.165) is 12.1 Å². The average molecular weight is 553 g/mol. The summed E-state index contributed by atoms with van der Waals surface area (Å²) in [5.74, 6) is -2.59. The number of carbonyl (C=O) groups excluding carboxylic acids is 1. The summed E-state index contributed by atoms with van der Waals surface area (Å²) in [6.45, 7) is 0. The first-order chi connectivity index (χ1) is 16.7. The number of nitrogens with zero attached hydrogens (tertiary/aromatic N) is 2. The van der Waals surface area contributed by atoms with Gasteiger partial charge in [0, 0.05) is 29.9 Å². The van der Waals surface area contributed by atoms with E-state index in [1.165, 1.54) is 24.5 Å². The number of halogens is 5. The van der Waals surface area contributed by atoms with Crippen molar-refractivity contribution in [3.8, 4) is 11.1 Å². The van der Waals surface area contributed by atoms with Gasteiger partial charge in [0.05, 0.1) is 36.7 Å². The van der Waals surface area contributed by atoms with Gasteiger partial charge in [0.2, 0.25) is 0 Å². The maximum absolute atomic E-state index is 13.7. The number of carbonyl (C=O) groups is 2. The molecule has 4 rings (SSSR count). The zero-order valence-electron chi connectivity index (χ0n) is 17.5. The number of benzene rings is 3. The van der Waals surface area contributed by atoms with Gasteiger partial charge < -0.3 is 10.4 Å². The summed E-state index contributed by atoms with van der Waals surface area (Å²) in [5.41, 5.74) is 2.07. The van der Waals surface area contributed by atoms with Crippen molar-refractivity contribution in [1.82, 2.24) is 15.3 Å².